The van der Waals surface area contributed by atoms with E-state index < -0.39 is 0 Å². The van der Waals surface area contributed by atoms with E-state index in [0.717, 1.165) is 70.9 Å². The van der Waals surface area contributed by atoms with Crippen molar-refractivity contribution in [2.75, 3.05) is 66.2 Å². The fraction of sp³-hybridized carbons (Fsp3) is 0.941. The van der Waals surface area contributed by atoms with Gasteiger partial charge in [0.2, 0.25) is 0 Å². The number of ether oxygens (including phenoxy) is 2. The summed E-state index contributed by atoms with van der Waals surface area (Å²) < 4.78 is 10.4. The molecule has 1 fully saturated rings. The van der Waals surface area contributed by atoms with Crippen LogP contribution in [0.1, 0.15) is 32.6 Å². The SMILES string of the molecule is CCNC(=NCCCOCCOC)NCCCN1CCC(O)CC1.I. The Labute approximate surface area is 169 Å². The molecule has 1 aliphatic rings. The molecule has 0 unspecified atom stereocenters. The molecule has 0 aromatic heterocycles. The van der Waals surface area contributed by atoms with E-state index >= 15 is 0 Å². The average molecular weight is 472 g/mol. The first kappa shape index (κ1) is 24.8. The summed E-state index contributed by atoms with van der Waals surface area (Å²) in [7, 11) is 1.68. The number of aliphatic hydroxyl groups is 1. The number of aliphatic hydroxyl groups excluding tert-OH is 1. The third-order valence-electron chi connectivity index (χ3n) is 3.99. The van der Waals surface area contributed by atoms with Crippen molar-refractivity contribution in [2.45, 2.75) is 38.7 Å². The second kappa shape index (κ2) is 17.3. The molecule has 25 heavy (non-hydrogen) atoms. The van der Waals surface area contributed by atoms with Crippen molar-refractivity contribution in [2.24, 2.45) is 4.99 Å². The maximum atomic E-state index is 9.52. The van der Waals surface area contributed by atoms with Crippen molar-refractivity contribution in [1.29, 1.82) is 0 Å². The summed E-state index contributed by atoms with van der Waals surface area (Å²) in [5, 5.41) is 16.2. The number of rotatable bonds is 12. The highest BCUT2D eigenvalue weighted by atomic mass is 127. The van der Waals surface area contributed by atoms with Crippen molar-refractivity contribution in [3.8, 4) is 0 Å². The summed E-state index contributed by atoms with van der Waals surface area (Å²) >= 11 is 0. The Balaban J connectivity index is 0.00000576. The number of likely N-dealkylation sites (tertiary alicyclic amines) is 1. The van der Waals surface area contributed by atoms with Crippen LogP contribution in [0.15, 0.2) is 4.99 Å². The topological polar surface area (TPSA) is 78.4 Å². The number of nitrogens with one attached hydrogen (secondary N) is 2. The minimum absolute atomic E-state index is 0. The van der Waals surface area contributed by atoms with Gasteiger partial charge in [-0.05, 0) is 39.2 Å². The van der Waals surface area contributed by atoms with Crippen LogP contribution in [-0.2, 0) is 9.47 Å². The van der Waals surface area contributed by atoms with Crippen molar-refractivity contribution < 1.29 is 14.6 Å². The highest BCUT2D eigenvalue weighted by molar-refractivity contribution is 14.0. The third kappa shape index (κ3) is 13.7. The molecule has 1 aliphatic heterocycles. The van der Waals surface area contributed by atoms with Crippen LogP contribution < -0.4 is 10.6 Å². The van der Waals surface area contributed by atoms with Gasteiger partial charge in [-0.3, -0.25) is 4.99 Å². The summed E-state index contributed by atoms with van der Waals surface area (Å²) in [4.78, 5) is 6.99. The van der Waals surface area contributed by atoms with Crippen LogP contribution in [0.25, 0.3) is 0 Å². The maximum Gasteiger partial charge on any atom is 0.191 e. The van der Waals surface area contributed by atoms with E-state index in [1.54, 1.807) is 7.11 Å². The standard InChI is InChI=1S/C17H36N4O3.HI/c1-3-18-17(20-9-5-13-24-15-14-23-2)19-8-4-10-21-11-6-16(22)7-12-21;/h16,22H,3-15H2,1-2H3,(H2,18,19,20);1H. The van der Waals surface area contributed by atoms with Crippen molar-refractivity contribution in [3.63, 3.8) is 0 Å². The molecule has 1 saturated heterocycles. The Morgan fingerprint density at radius 3 is 2.60 bits per heavy atom. The lowest BCUT2D eigenvalue weighted by Gasteiger charge is -2.29. The zero-order valence-corrected chi connectivity index (χ0v) is 18.2. The molecule has 1 rings (SSSR count). The number of hydrogen-bond donors (Lipinski definition) is 3. The maximum absolute atomic E-state index is 9.52. The summed E-state index contributed by atoms with van der Waals surface area (Å²) in [5.74, 6) is 0.878. The van der Waals surface area contributed by atoms with E-state index in [1.165, 1.54) is 0 Å². The number of halogens is 1. The molecule has 0 radical (unpaired) electrons. The highest BCUT2D eigenvalue weighted by Gasteiger charge is 2.15. The highest BCUT2D eigenvalue weighted by Crippen LogP contribution is 2.09. The molecule has 0 amide bonds. The normalized spacial score (nSPS) is 16.5. The van der Waals surface area contributed by atoms with Gasteiger partial charge in [0.15, 0.2) is 5.96 Å². The van der Waals surface area contributed by atoms with Gasteiger partial charge >= 0.3 is 0 Å². The lowest BCUT2D eigenvalue weighted by Crippen LogP contribution is -2.40. The van der Waals surface area contributed by atoms with E-state index in [1.807, 2.05) is 0 Å². The first-order valence-corrected chi connectivity index (χ1v) is 9.25. The fourth-order valence-corrected chi connectivity index (χ4v) is 2.60. The van der Waals surface area contributed by atoms with Crippen molar-refractivity contribution >= 4 is 29.9 Å². The summed E-state index contributed by atoms with van der Waals surface area (Å²) in [6.45, 7) is 9.71. The lowest BCUT2D eigenvalue weighted by atomic mass is 10.1. The minimum Gasteiger partial charge on any atom is -0.393 e. The summed E-state index contributed by atoms with van der Waals surface area (Å²) in [6.07, 6.45) is 3.72. The van der Waals surface area contributed by atoms with Gasteiger partial charge in [0.25, 0.3) is 0 Å². The van der Waals surface area contributed by atoms with Crippen LogP contribution in [0.5, 0.6) is 0 Å². The molecule has 0 aromatic carbocycles. The number of piperidine rings is 1. The van der Waals surface area contributed by atoms with Crippen LogP contribution in [-0.4, -0.2) is 88.3 Å². The van der Waals surface area contributed by atoms with Crippen LogP contribution in [0, 0.1) is 0 Å². The van der Waals surface area contributed by atoms with E-state index in [0.29, 0.717) is 19.8 Å². The second-order valence-corrected chi connectivity index (χ2v) is 6.07. The Bertz CT molecular complexity index is 327. The zero-order chi connectivity index (χ0) is 17.5. The first-order chi connectivity index (χ1) is 11.8. The van der Waals surface area contributed by atoms with Gasteiger partial charge in [-0.1, -0.05) is 0 Å². The van der Waals surface area contributed by atoms with Gasteiger partial charge in [0.1, 0.15) is 0 Å². The number of hydrogen-bond acceptors (Lipinski definition) is 5. The van der Waals surface area contributed by atoms with Crippen molar-refractivity contribution in [3.05, 3.63) is 0 Å². The molecule has 0 aromatic rings. The van der Waals surface area contributed by atoms with Crippen LogP contribution >= 0.6 is 24.0 Å². The smallest absolute Gasteiger partial charge is 0.191 e. The van der Waals surface area contributed by atoms with Gasteiger partial charge < -0.3 is 30.1 Å². The van der Waals surface area contributed by atoms with E-state index in [-0.39, 0.29) is 30.1 Å². The van der Waals surface area contributed by atoms with Gasteiger partial charge in [-0.15, -0.1) is 24.0 Å². The predicted molar refractivity (Wildman–Crippen MR) is 113 cm³/mol. The molecule has 8 heteroatoms. The minimum atomic E-state index is -0.0923. The van der Waals surface area contributed by atoms with Gasteiger partial charge in [0, 0.05) is 46.4 Å². The molecule has 1 heterocycles. The Morgan fingerprint density at radius 2 is 1.92 bits per heavy atom. The third-order valence-corrected chi connectivity index (χ3v) is 3.99. The van der Waals surface area contributed by atoms with Gasteiger partial charge in [-0.2, -0.15) is 0 Å². The average Bonchev–Trinajstić information content (AvgIpc) is 2.59. The quantitative estimate of drug-likeness (QED) is 0.171. The van der Waals surface area contributed by atoms with E-state index in [9.17, 15) is 5.11 Å². The van der Waals surface area contributed by atoms with Crippen molar-refractivity contribution in [1.82, 2.24) is 15.5 Å². The Hall–Kier alpha value is -0.160. The molecule has 0 atom stereocenters. The number of nitrogens with zero attached hydrogens (tertiary/aromatic N) is 2. The zero-order valence-electron chi connectivity index (χ0n) is 15.8. The largest absolute Gasteiger partial charge is 0.393 e. The molecule has 7 nitrogen and oxygen atoms in total. The fourth-order valence-electron chi connectivity index (χ4n) is 2.60. The monoisotopic (exact) mass is 472 g/mol. The van der Waals surface area contributed by atoms with Crippen LogP contribution in [0.3, 0.4) is 0 Å². The molecular weight excluding hydrogens is 435 g/mol. The van der Waals surface area contributed by atoms with Gasteiger partial charge in [0.05, 0.1) is 19.3 Å². The van der Waals surface area contributed by atoms with Crippen LogP contribution in [0.2, 0.25) is 0 Å². The number of guanidine groups is 1. The predicted octanol–water partition coefficient (Wildman–Crippen LogP) is 1.06. The van der Waals surface area contributed by atoms with Gasteiger partial charge in [-0.25, -0.2) is 0 Å². The lowest BCUT2D eigenvalue weighted by molar-refractivity contribution is 0.0702. The Kier molecular flexibility index (Phi) is 17.2. The molecule has 0 spiro atoms. The van der Waals surface area contributed by atoms with E-state index in [4.69, 9.17) is 9.47 Å². The Morgan fingerprint density at radius 1 is 1.16 bits per heavy atom. The summed E-state index contributed by atoms with van der Waals surface area (Å²) in [6, 6.07) is 0. The number of aliphatic imine (C=N–C) groups is 1. The number of methoxy groups -OCH3 is 1. The first-order valence-electron chi connectivity index (χ1n) is 9.25. The molecule has 0 saturated carbocycles. The molecular formula is C17H37IN4O3. The summed E-state index contributed by atoms with van der Waals surface area (Å²) in [5.41, 5.74) is 0. The molecule has 150 valence electrons. The second-order valence-electron chi connectivity index (χ2n) is 6.07. The molecule has 0 bridgehead atoms. The van der Waals surface area contributed by atoms with E-state index in [2.05, 4.69) is 27.4 Å². The molecule has 0 aliphatic carbocycles. The molecule has 3 N–H and O–H groups in total. The van der Waals surface area contributed by atoms with Crippen LogP contribution in [0.4, 0.5) is 0 Å².